The first-order valence-electron chi connectivity index (χ1n) is 11.5. The molecule has 0 fully saturated rings. The lowest BCUT2D eigenvalue weighted by molar-refractivity contribution is -0.146. The molecule has 34 heavy (non-hydrogen) atoms. The van der Waals surface area contributed by atoms with Gasteiger partial charge in [-0.25, -0.2) is 9.18 Å². The van der Waals surface area contributed by atoms with Gasteiger partial charge < -0.3 is 9.30 Å². The fourth-order valence-electron chi connectivity index (χ4n) is 4.64. The maximum atomic E-state index is 14.0. The molecule has 0 spiro atoms. The van der Waals surface area contributed by atoms with Crippen molar-refractivity contribution in [2.45, 2.75) is 46.3 Å². The van der Waals surface area contributed by atoms with Crippen molar-refractivity contribution in [3.8, 4) is 5.69 Å². The number of aliphatic imine (C=N–C) groups is 1. The van der Waals surface area contributed by atoms with Gasteiger partial charge >= 0.3 is 5.97 Å². The van der Waals surface area contributed by atoms with Crippen LogP contribution in [0.15, 0.2) is 71.7 Å². The fourth-order valence-corrected chi connectivity index (χ4v) is 4.64. The molecular formula is C29H27FN2O2. The smallest absolute Gasteiger partial charge is 0.335 e. The lowest BCUT2D eigenvalue weighted by Crippen LogP contribution is -2.13. The average Bonchev–Trinajstić information content (AvgIpc) is 3.36. The van der Waals surface area contributed by atoms with E-state index in [9.17, 15) is 9.18 Å². The van der Waals surface area contributed by atoms with Gasteiger partial charge in [0.15, 0.2) is 6.04 Å². The van der Waals surface area contributed by atoms with Gasteiger partial charge in [0.1, 0.15) is 12.4 Å². The molecule has 0 amide bonds. The molecule has 1 aliphatic heterocycles. The van der Waals surface area contributed by atoms with Crippen LogP contribution in [-0.4, -0.2) is 16.2 Å². The third-order valence-corrected chi connectivity index (χ3v) is 6.45. The number of benzene rings is 3. The molecule has 0 saturated heterocycles. The molecule has 0 bridgehead atoms. The Labute approximate surface area is 198 Å². The molecule has 0 aliphatic carbocycles. The maximum Gasteiger partial charge on any atom is 0.335 e. The molecule has 0 saturated carbocycles. The Morgan fingerprint density at radius 2 is 1.82 bits per heavy atom. The van der Waals surface area contributed by atoms with Gasteiger partial charge in [-0.1, -0.05) is 44.2 Å². The SMILES string of the molecule is CC1=NC(C(=O)OCc2ccccc2)c2cc3cc(C(C)C)n(-c4ccc(F)c(C)c4)c3cc21. The Bertz CT molecular complexity index is 1430. The normalized spacial score (nSPS) is 15.0. The quantitative estimate of drug-likeness (QED) is 0.311. The summed E-state index contributed by atoms with van der Waals surface area (Å²) in [6, 6.07) is 20.5. The Hall–Kier alpha value is -3.73. The Morgan fingerprint density at radius 3 is 2.53 bits per heavy atom. The van der Waals surface area contributed by atoms with E-state index in [0.717, 1.165) is 44.7 Å². The van der Waals surface area contributed by atoms with Crippen molar-refractivity contribution in [1.82, 2.24) is 4.57 Å². The van der Waals surface area contributed by atoms with Crippen LogP contribution in [-0.2, 0) is 16.1 Å². The van der Waals surface area contributed by atoms with Gasteiger partial charge in [0, 0.05) is 28.0 Å². The molecule has 4 aromatic rings. The highest BCUT2D eigenvalue weighted by Gasteiger charge is 2.31. The van der Waals surface area contributed by atoms with Crippen LogP contribution in [0, 0.1) is 12.7 Å². The van der Waals surface area contributed by atoms with Crippen LogP contribution in [0.2, 0.25) is 0 Å². The molecule has 1 unspecified atom stereocenters. The number of ether oxygens (including phenoxy) is 1. The summed E-state index contributed by atoms with van der Waals surface area (Å²) < 4.78 is 21.8. The second-order valence-electron chi connectivity index (χ2n) is 9.20. The standard InChI is InChI=1S/C29H27FN2O2/c1-17(2)26-14-21-13-24-23(15-27(21)32(26)22-10-11-25(30)18(3)12-22)19(4)31-28(24)29(33)34-16-20-8-6-5-7-9-20/h5-15,17,28H,16H2,1-4H3. The molecule has 1 aromatic heterocycles. The summed E-state index contributed by atoms with van der Waals surface area (Å²) >= 11 is 0. The Kier molecular flexibility index (Phi) is 5.56. The van der Waals surface area contributed by atoms with Crippen LogP contribution in [0.3, 0.4) is 0 Å². The molecule has 172 valence electrons. The zero-order valence-electron chi connectivity index (χ0n) is 19.8. The highest BCUT2D eigenvalue weighted by molar-refractivity contribution is 6.08. The van der Waals surface area contributed by atoms with E-state index in [-0.39, 0.29) is 24.3 Å². The number of rotatable bonds is 5. The molecule has 4 nitrogen and oxygen atoms in total. The predicted molar refractivity (Wildman–Crippen MR) is 133 cm³/mol. The van der Waals surface area contributed by atoms with Crippen LogP contribution in [0.1, 0.15) is 60.7 Å². The molecule has 1 aliphatic rings. The van der Waals surface area contributed by atoms with E-state index in [1.807, 2.05) is 49.4 Å². The number of hydrogen-bond acceptors (Lipinski definition) is 3. The first-order chi connectivity index (χ1) is 16.3. The number of carbonyl (C=O) groups is 1. The summed E-state index contributed by atoms with van der Waals surface area (Å²) in [4.78, 5) is 17.6. The van der Waals surface area contributed by atoms with Crippen LogP contribution < -0.4 is 0 Å². The van der Waals surface area contributed by atoms with Gasteiger partial charge in [-0.2, -0.15) is 0 Å². The molecule has 0 N–H and O–H groups in total. The van der Waals surface area contributed by atoms with Gasteiger partial charge in [-0.15, -0.1) is 0 Å². The molecule has 5 heteroatoms. The highest BCUT2D eigenvalue weighted by Crippen LogP contribution is 2.37. The third-order valence-electron chi connectivity index (χ3n) is 6.45. The van der Waals surface area contributed by atoms with Gasteiger partial charge in [-0.05, 0) is 72.9 Å². The number of esters is 1. The lowest BCUT2D eigenvalue weighted by atomic mass is 9.99. The second kappa shape index (κ2) is 8.56. The van der Waals surface area contributed by atoms with Crippen molar-refractivity contribution in [3.05, 3.63) is 100 Å². The molecule has 3 aromatic carbocycles. The van der Waals surface area contributed by atoms with Crippen molar-refractivity contribution in [3.63, 3.8) is 0 Å². The Balaban J connectivity index is 1.56. The summed E-state index contributed by atoms with van der Waals surface area (Å²) in [5.74, 6) is -0.306. The number of halogens is 1. The number of fused-ring (bicyclic) bond motifs is 2. The first kappa shape index (κ1) is 22.1. The molecule has 0 radical (unpaired) electrons. The van der Waals surface area contributed by atoms with E-state index in [0.29, 0.717) is 5.56 Å². The number of aromatic nitrogens is 1. The predicted octanol–water partition coefficient (Wildman–Crippen LogP) is 6.81. The minimum Gasteiger partial charge on any atom is -0.459 e. The van der Waals surface area contributed by atoms with E-state index < -0.39 is 6.04 Å². The van der Waals surface area contributed by atoms with Gasteiger partial charge in [0.05, 0.1) is 5.52 Å². The van der Waals surface area contributed by atoms with E-state index in [2.05, 4.69) is 41.6 Å². The molecule has 1 atom stereocenters. The third kappa shape index (κ3) is 3.81. The summed E-state index contributed by atoms with van der Waals surface area (Å²) in [7, 11) is 0. The van der Waals surface area contributed by atoms with Crippen molar-refractivity contribution in [2.24, 2.45) is 4.99 Å². The zero-order valence-corrected chi connectivity index (χ0v) is 19.8. The number of nitrogens with zero attached hydrogens (tertiary/aromatic N) is 2. The number of aryl methyl sites for hydroxylation is 1. The average molecular weight is 455 g/mol. The first-order valence-corrected chi connectivity index (χ1v) is 11.5. The van der Waals surface area contributed by atoms with Gasteiger partial charge in [-0.3, -0.25) is 4.99 Å². The summed E-state index contributed by atoms with van der Waals surface area (Å²) in [5, 5.41) is 1.02. The highest BCUT2D eigenvalue weighted by atomic mass is 19.1. The molecular weight excluding hydrogens is 427 g/mol. The zero-order chi connectivity index (χ0) is 24.0. The van der Waals surface area contributed by atoms with E-state index >= 15 is 0 Å². The summed E-state index contributed by atoms with van der Waals surface area (Å²) in [6.45, 7) is 8.21. The van der Waals surface area contributed by atoms with Crippen LogP contribution in [0.25, 0.3) is 16.6 Å². The molecule has 5 rings (SSSR count). The number of hydrogen-bond donors (Lipinski definition) is 0. The van der Waals surface area contributed by atoms with E-state index in [4.69, 9.17) is 4.74 Å². The van der Waals surface area contributed by atoms with E-state index in [1.165, 1.54) is 6.07 Å². The topological polar surface area (TPSA) is 43.6 Å². The Morgan fingerprint density at radius 1 is 1.06 bits per heavy atom. The fraction of sp³-hybridized carbons (Fsp3) is 0.241. The van der Waals surface area contributed by atoms with Crippen molar-refractivity contribution < 1.29 is 13.9 Å². The largest absolute Gasteiger partial charge is 0.459 e. The molecule has 2 heterocycles. The minimum absolute atomic E-state index is 0.216. The summed E-state index contributed by atoms with van der Waals surface area (Å²) in [6.07, 6.45) is 0. The van der Waals surface area contributed by atoms with Crippen LogP contribution >= 0.6 is 0 Å². The second-order valence-corrected chi connectivity index (χ2v) is 9.20. The monoisotopic (exact) mass is 454 g/mol. The lowest BCUT2D eigenvalue weighted by Gasteiger charge is -2.15. The minimum atomic E-state index is -0.665. The number of carbonyl (C=O) groups excluding carboxylic acids is 1. The van der Waals surface area contributed by atoms with E-state index in [1.54, 1.807) is 6.92 Å². The van der Waals surface area contributed by atoms with Crippen LogP contribution in [0.4, 0.5) is 4.39 Å². The maximum absolute atomic E-state index is 14.0. The van der Waals surface area contributed by atoms with Crippen LogP contribution in [0.5, 0.6) is 0 Å². The van der Waals surface area contributed by atoms with Gasteiger partial charge in [0.2, 0.25) is 0 Å². The van der Waals surface area contributed by atoms with Crippen molar-refractivity contribution >= 4 is 22.6 Å². The van der Waals surface area contributed by atoms with Gasteiger partial charge in [0.25, 0.3) is 0 Å². The summed E-state index contributed by atoms with van der Waals surface area (Å²) in [5.41, 5.74) is 7.24. The van der Waals surface area contributed by atoms with Crippen molar-refractivity contribution in [2.75, 3.05) is 0 Å². The van der Waals surface area contributed by atoms with Crippen molar-refractivity contribution in [1.29, 1.82) is 0 Å².